The average molecular weight is 458 g/mol. The number of thiocarbonyl (C=S) groups is 1. The number of hydrogen-bond donors (Lipinski definition) is 1. The maximum Gasteiger partial charge on any atom is 0.169 e. The molecular formula is C28H31N3OS. The van der Waals surface area contributed by atoms with Gasteiger partial charge in [0.1, 0.15) is 5.78 Å². The van der Waals surface area contributed by atoms with Gasteiger partial charge in [0.05, 0.1) is 12.1 Å². The van der Waals surface area contributed by atoms with Gasteiger partial charge in [0.25, 0.3) is 0 Å². The summed E-state index contributed by atoms with van der Waals surface area (Å²) in [4.78, 5) is 16.6. The van der Waals surface area contributed by atoms with Crippen LogP contribution in [-0.4, -0.2) is 46.9 Å². The Balaban J connectivity index is 1.43. The van der Waals surface area contributed by atoms with E-state index in [2.05, 4.69) is 75.8 Å². The molecule has 0 aromatic heterocycles. The molecule has 0 amide bonds. The first-order chi connectivity index (χ1) is 16.1. The molecular weight excluding hydrogens is 426 g/mol. The monoisotopic (exact) mass is 457 g/mol. The molecule has 1 heterocycles. The number of ketones is 1. The molecule has 1 aliphatic rings. The van der Waals surface area contributed by atoms with E-state index in [-0.39, 0.29) is 17.9 Å². The molecule has 5 heteroatoms. The van der Waals surface area contributed by atoms with E-state index in [0.29, 0.717) is 6.42 Å². The molecule has 0 radical (unpaired) electrons. The Kier molecular flexibility index (Phi) is 7.87. The van der Waals surface area contributed by atoms with Gasteiger partial charge in [-0.2, -0.15) is 0 Å². The van der Waals surface area contributed by atoms with Crippen LogP contribution in [0.15, 0.2) is 91.0 Å². The van der Waals surface area contributed by atoms with Crippen LogP contribution in [-0.2, 0) is 4.79 Å². The first kappa shape index (κ1) is 23.1. The number of nitrogens with zero attached hydrogens (tertiary/aromatic N) is 2. The quantitative estimate of drug-likeness (QED) is 0.506. The minimum Gasteiger partial charge on any atom is -0.355 e. The molecule has 4 nitrogen and oxygen atoms in total. The summed E-state index contributed by atoms with van der Waals surface area (Å²) in [5, 5.41) is 4.18. The predicted octanol–water partition coefficient (Wildman–Crippen LogP) is 4.99. The number of piperazine rings is 1. The molecule has 1 saturated heterocycles. The number of nitrogens with one attached hydrogen (secondary N) is 1. The SMILES string of the molecule is CC(=O)C[C@H](NC(=S)N1CCN(C(c2ccccc2)c2ccccc2)CC1)c1ccccc1. The molecule has 1 fully saturated rings. The zero-order chi connectivity index (χ0) is 23.0. The first-order valence-corrected chi connectivity index (χ1v) is 12.0. The van der Waals surface area contributed by atoms with E-state index in [0.717, 1.165) is 36.9 Å². The Hall–Kier alpha value is -3.02. The zero-order valence-electron chi connectivity index (χ0n) is 19.1. The third kappa shape index (κ3) is 6.06. The third-order valence-corrected chi connectivity index (χ3v) is 6.56. The topological polar surface area (TPSA) is 35.6 Å². The summed E-state index contributed by atoms with van der Waals surface area (Å²) in [6.07, 6.45) is 0.425. The summed E-state index contributed by atoms with van der Waals surface area (Å²) in [6, 6.07) is 31.6. The van der Waals surface area contributed by atoms with Crippen LogP contribution in [0.25, 0.3) is 0 Å². The lowest BCUT2D eigenvalue weighted by atomic mass is 9.96. The van der Waals surface area contributed by atoms with Gasteiger partial charge in [0.2, 0.25) is 0 Å². The minimum atomic E-state index is -0.101. The van der Waals surface area contributed by atoms with Gasteiger partial charge in [-0.05, 0) is 35.8 Å². The summed E-state index contributed by atoms with van der Waals surface area (Å²) >= 11 is 5.78. The van der Waals surface area contributed by atoms with Crippen LogP contribution in [0, 0.1) is 0 Å². The number of carbonyl (C=O) groups is 1. The summed E-state index contributed by atoms with van der Waals surface area (Å²) in [7, 11) is 0. The van der Waals surface area contributed by atoms with Gasteiger partial charge in [0, 0.05) is 32.6 Å². The van der Waals surface area contributed by atoms with Gasteiger partial charge >= 0.3 is 0 Å². The van der Waals surface area contributed by atoms with E-state index in [1.165, 1.54) is 11.1 Å². The van der Waals surface area contributed by atoms with Crippen molar-refractivity contribution in [1.29, 1.82) is 0 Å². The summed E-state index contributed by atoms with van der Waals surface area (Å²) in [6.45, 7) is 5.16. The van der Waals surface area contributed by atoms with Crippen molar-refractivity contribution in [2.75, 3.05) is 26.2 Å². The van der Waals surface area contributed by atoms with Crippen LogP contribution < -0.4 is 5.32 Å². The van der Waals surface area contributed by atoms with E-state index in [1.54, 1.807) is 6.92 Å². The molecule has 1 aliphatic heterocycles. The van der Waals surface area contributed by atoms with Crippen LogP contribution in [0.2, 0.25) is 0 Å². The molecule has 33 heavy (non-hydrogen) atoms. The van der Waals surface area contributed by atoms with Crippen molar-refractivity contribution in [2.45, 2.75) is 25.4 Å². The Morgan fingerprint density at radius 1 is 0.788 bits per heavy atom. The fourth-order valence-corrected chi connectivity index (χ4v) is 4.86. The van der Waals surface area contributed by atoms with Gasteiger partial charge in [-0.3, -0.25) is 9.69 Å². The Bertz CT molecular complexity index is 995. The summed E-state index contributed by atoms with van der Waals surface area (Å²) in [5.74, 6) is 0.150. The fourth-order valence-electron chi connectivity index (χ4n) is 4.53. The van der Waals surface area contributed by atoms with E-state index < -0.39 is 0 Å². The van der Waals surface area contributed by atoms with Crippen LogP contribution in [0.1, 0.15) is 42.1 Å². The van der Waals surface area contributed by atoms with Crippen LogP contribution in [0.5, 0.6) is 0 Å². The predicted molar refractivity (Wildman–Crippen MR) is 138 cm³/mol. The normalized spacial score (nSPS) is 15.3. The second-order valence-corrected chi connectivity index (χ2v) is 8.95. The third-order valence-electron chi connectivity index (χ3n) is 6.19. The lowest BCUT2D eigenvalue weighted by molar-refractivity contribution is -0.117. The lowest BCUT2D eigenvalue weighted by Crippen LogP contribution is -2.53. The number of benzene rings is 3. The summed E-state index contributed by atoms with van der Waals surface area (Å²) < 4.78 is 0. The van der Waals surface area contributed by atoms with Gasteiger partial charge in [0.15, 0.2) is 5.11 Å². The second kappa shape index (κ2) is 11.2. The van der Waals surface area contributed by atoms with Crippen LogP contribution in [0.3, 0.4) is 0 Å². The molecule has 0 aliphatic carbocycles. The second-order valence-electron chi connectivity index (χ2n) is 8.57. The smallest absolute Gasteiger partial charge is 0.169 e. The zero-order valence-corrected chi connectivity index (χ0v) is 19.9. The lowest BCUT2D eigenvalue weighted by Gasteiger charge is -2.41. The molecule has 4 rings (SSSR count). The van der Waals surface area contributed by atoms with Crippen molar-refractivity contribution in [3.63, 3.8) is 0 Å². The van der Waals surface area contributed by atoms with Crippen molar-refractivity contribution in [3.05, 3.63) is 108 Å². The molecule has 3 aromatic rings. The van der Waals surface area contributed by atoms with Crippen molar-refractivity contribution in [2.24, 2.45) is 0 Å². The first-order valence-electron chi connectivity index (χ1n) is 11.6. The summed E-state index contributed by atoms with van der Waals surface area (Å²) in [5.41, 5.74) is 3.70. The molecule has 3 aromatic carbocycles. The molecule has 0 unspecified atom stereocenters. The van der Waals surface area contributed by atoms with Crippen LogP contribution in [0.4, 0.5) is 0 Å². The molecule has 0 saturated carbocycles. The standard InChI is InChI=1S/C28H31N3OS/c1-22(32)21-26(23-11-5-2-6-12-23)29-28(33)31-19-17-30(18-20-31)27(24-13-7-3-8-14-24)25-15-9-4-10-16-25/h2-16,26-27H,17-21H2,1H3,(H,29,33)/t26-/m0/s1. The maximum atomic E-state index is 11.9. The number of Topliss-reactive ketones (excluding diaryl/α,β-unsaturated/α-hetero) is 1. The molecule has 0 spiro atoms. The molecule has 170 valence electrons. The maximum absolute atomic E-state index is 11.9. The van der Waals surface area contributed by atoms with Crippen molar-refractivity contribution >= 4 is 23.1 Å². The largest absolute Gasteiger partial charge is 0.355 e. The van der Waals surface area contributed by atoms with E-state index >= 15 is 0 Å². The molecule has 1 N–H and O–H groups in total. The van der Waals surface area contributed by atoms with Crippen molar-refractivity contribution < 1.29 is 4.79 Å². The van der Waals surface area contributed by atoms with Gasteiger partial charge < -0.3 is 10.2 Å². The van der Waals surface area contributed by atoms with Crippen molar-refractivity contribution in [3.8, 4) is 0 Å². The van der Waals surface area contributed by atoms with Crippen molar-refractivity contribution in [1.82, 2.24) is 15.1 Å². The Labute approximate surface area is 202 Å². The Morgan fingerprint density at radius 2 is 1.24 bits per heavy atom. The average Bonchev–Trinajstić information content (AvgIpc) is 2.86. The number of hydrogen-bond acceptors (Lipinski definition) is 3. The number of carbonyl (C=O) groups excluding carboxylic acids is 1. The molecule has 1 atom stereocenters. The minimum absolute atomic E-state index is 0.101. The van der Waals surface area contributed by atoms with E-state index in [1.807, 2.05) is 30.3 Å². The highest BCUT2D eigenvalue weighted by atomic mass is 32.1. The van der Waals surface area contributed by atoms with Crippen LogP contribution >= 0.6 is 12.2 Å². The van der Waals surface area contributed by atoms with Gasteiger partial charge in [-0.1, -0.05) is 91.0 Å². The van der Waals surface area contributed by atoms with E-state index in [9.17, 15) is 4.79 Å². The van der Waals surface area contributed by atoms with Gasteiger partial charge in [-0.25, -0.2) is 0 Å². The molecule has 0 bridgehead atoms. The highest BCUT2D eigenvalue weighted by molar-refractivity contribution is 7.80. The van der Waals surface area contributed by atoms with Gasteiger partial charge in [-0.15, -0.1) is 0 Å². The number of rotatable bonds is 7. The highest BCUT2D eigenvalue weighted by Gasteiger charge is 2.28. The fraction of sp³-hybridized carbons (Fsp3) is 0.286. The highest BCUT2D eigenvalue weighted by Crippen LogP contribution is 2.29. The Morgan fingerprint density at radius 3 is 1.70 bits per heavy atom. The van der Waals surface area contributed by atoms with E-state index in [4.69, 9.17) is 12.2 Å².